The molecule has 2 N–H and O–H groups in total. The molecule has 0 saturated carbocycles. The van der Waals surface area contributed by atoms with Crippen LogP contribution in [0.1, 0.15) is 30.7 Å². The molecule has 0 amide bonds. The number of allylic oxidation sites excluding steroid dienone is 5. The molecule has 2 aromatic carbocycles. The van der Waals surface area contributed by atoms with Gasteiger partial charge in [-0.25, -0.2) is 0 Å². The Balaban J connectivity index is 1.37. The fraction of sp³-hybridized carbons (Fsp3) is 0.316. The van der Waals surface area contributed by atoms with Crippen LogP contribution in [0.3, 0.4) is 0 Å². The van der Waals surface area contributed by atoms with Gasteiger partial charge in [-0.3, -0.25) is 4.99 Å². The summed E-state index contributed by atoms with van der Waals surface area (Å²) in [5.74, 6) is 2.16. The molecular formula is C38H49N4O2S2+. The maximum absolute atomic E-state index is 9.31. The molecule has 3 aromatic rings. The van der Waals surface area contributed by atoms with Crippen molar-refractivity contribution in [1.82, 2.24) is 0 Å². The highest BCUT2D eigenvalue weighted by atomic mass is 33.1. The van der Waals surface area contributed by atoms with Gasteiger partial charge in [-0.1, -0.05) is 76.2 Å². The quantitative estimate of drug-likeness (QED) is 0.0421. The van der Waals surface area contributed by atoms with Gasteiger partial charge in [0.1, 0.15) is 6.61 Å². The number of pyridine rings is 1. The highest BCUT2D eigenvalue weighted by Crippen LogP contribution is 2.24. The lowest BCUT2D eigenvalue weighted by molar-refractivity contribution is -0.699. The van der Waals surface area contributed by atoms with Crippen molar-refractivity contribution in [2.24, 2.45) is 4.99 Å². The first-order valence-corrected chi connectivity index (χ1v) is 18.5. The molecule has 0 aliphatic heterocycles. The van der Waals surface area contributed by atoms with E-state index in [4.69, 9.17) is 5.11 Å². The second-order valence-electron chi connectivity index (χ2n) is 10.3. The summed E-state index contributed by atoms with van der Waals surface area (Å²) in [5, 5.41) is 18.0. The molecule has 0 atom stereocenters. The second-order valence-corrected chi connectivity index (χ2v) is 13.0. The Morgan fingerprint density at radius 3 is 1.85 bits per heavy atom. The first-order valence-electron chi connectivity index (χ1n) is 16.0. The lowest BCUT2D eigenvalue weighted by Crippen LogP contribution is -2.38. The molecule has 3 rings (SSSR count). The van der Waals surface area contributed by atoms with Crippen molar-refractivity contribution in [3.05, 3.63) is 120 Å². The largest absolute Gasteiger partial charge is 0.394 e. The van der Waals surface area contributed by atoms with Crippen molar-refractivity contribution in [1.29, 1.82) is 0 Å². The van der Waals surface area contributed by atoms with Gasteiger partial charge in [0.25, 0.3) is 0 Å². The predicted molar refractivity (Wildman–Crippen MR) is 204 cm³/mol. The molecule has 8 heteroatoms. The third-order valence-electron chi connectivity index (χ3n) is 7.17. The standard InChI is InChI=1S/C38H49N4O2S2/c1-3-40(37-20-14-34(15-21-37)12-8-6-5-7-10-24-39-25-30-43)28-32-45-46-33-29-41(4-2)38-22-17-35(18-23-38)16-19-36-13-9-11-26-42(36)27-31-44/h5-24,26,43-44H,3-4,25,27-33H2,1-2H3/q+1/b6-5+,10-7-,12-8+,39-24+. The third-order valence-corrected chi connectivity index (χ3v) is 9.53. The van der Waals surface area contributed by atoms with E-state index in [0.29, 0.717) is 13.1 Å². The van der Waals surface area contributed by atoms with Gasteiger partial charge in [0, 0.05) is 73.5 Å². The molecule has 0 spiro atoms. The van der Waals surface area contributed by atoms with E-state index in [1.165, 1.54) is 16.9 Å². The van der Waals surface area contributed by atoms with E-state index in [-0.39, 0.29) is 13.2 Å². The normalized spacial score (nSPS) is 12.1. The third kappa shape index (κ3) is 13.8. The molecule has 0 aliphatic carbocycles. The van der Waals surface area contributed by atoms with Crippen LogP contribution in [0.15, 0.2) is 108 Å². The molecular weight excluding hydrogens is 609 g/mol. The highest BCUT2D eigenvalue weighted by Gasteiger charge is 2.08. The molecule has 0 aliphatic rings. The SMILES string of the molecule is CCN(CCSSCCN(CC)c1ccc(/C=C/c2cccc[n+]2CCO)cc1)c1ccc(/C=C/C=C/C=C\C=N\CCO)cc1. The summed E-state index contributed by atoms with van der Waals surface area (Å²) in [4.78, 5) is 8.89. The van der Waals surface area contributed by atoms with E-state index in [1.807, 2.05) is 70.3 Å². The van der Waals surface area contributed by atoms with E-state index in [1.54, 1.807) is 6.21 Å². The number of aliphatic hydroxyl groups excluding tert-OH is 2. The second kappa shape index (κ2) is 22.9. The number of hydrogen-bond donors (Lipinski definition) is 2. The monoisotopic (exact) mass is 657 g/mol. The molecule has 1 heterocycles. The van der Waals surface area contributed by atoms with Crippen LogP contribution >= 0.6 is 21.6 Å². The van der Waals surface area contributed by atoms with Crippen LogP contribution in [0.4, 0.5) is 11.4 Å². The van der Waals surface area contributed by atoms with Gasteiger partial charge in [0.2, 0.25) is 5.69 Å². The van der Waals surface area contributed by atoms with Crippen molar-refractivity contribution in [2.45, 2.75) is 20.4 Å². The number of aliphatic hydroxyl groups is 2. The molecule has 46 heavy (non-hydrogen) atoms. The Kier molecular flexibility index (Phi) is 18.3. The lowest BCUT2D eigenvalue weighted by atomic mass is 10.1. The van der Waals surface area contributed by atoms with Crippen LogP contribution < -0.4 is 14.4 Å². The Morgan fingerprint density at radius 1 is 0.674 bits per heavy atom. The summed E-state index contributed by atoms with van der Waals surface area (Å²) >= 11 is 0. The number of hydrogen-bond acceptors (Lipinski definition) is 7. The molecule has 6 nitrogen and oxygen atoms in total. The molecule has 0 unspecified atom stereocenters. The van der Waals surface area contributed by atoms with Gasteiger partial charge in [-0.15, -0.1) is 0 Å². The van der Waals surface area contributed by atoms with Gasteiger partial charge in [0.15, 0.2) is 12.7 Å². The zero-order chi connectivity index (χ0) is 32.7. The Hall–Kier alpha value is -3.56. The van der Waals surface area contributed by atoms with Crippen LogP contribution in [0.25, 0.3) is 18.2 Å². The fourth-order valence-corrected chi connectivity index (χ4v) is 6.66. The minimum atomic E-state index is 0.0789. The van der Waals surface area contributed by atoms with Gasteiger partial charge < -0.3 is 20.0 Å². The maximum Gasteiger partial charge on any atom is 0.205 e. The van der Waals surface area contributed by atoms with Crippen LogP contribution in [0.5, 0.6) is 0 Å². The molecule has 0 bridgehead atoms. The minimum Gasteiger partial charge on any atom is -0.394 e. The summed E-state index contributed by atoms with van der Waals surface area (Å²) in [6.07, 6.45) is 19.8. The van der Waals surface area contributed by atoms with E-state index in [0.717, 1.165) is 48.9 Å². The average molecular weight is 658 g/mol. The van der Waals surface area contributed by atoms with Crippen LogP contribution in [0.2, 0.25) is 0 Å². The number of aromatic nitrogens is 1. The van der Waals surface area contributed by atoms with Crippen molar-refractivity contribution >= 4 is 57.4 Å². The summed E-state index contributed by atoms with van der Waals surface area (Å²) in [6.45, 7) is 9.68. The maximum atomic E-state index is 9.31. The number of nitrogens with zero attached hydrogens (tertiary/aromatic N) is 4. The molecule has 0 radical (unpaired) electrons. The summed E-state index contributed by atoms with van der Waals surface area (Å²) in [7, 11) is 3.91. The Morgan fingerprint density at radius 2 is 1.26 bits per heavy atom. The molecule has 0 fully saturated rings. The summed E-state index contributed by atoms with van der Waals surface area (Å²) in [5.41, 5.74) is 5.92. The number of anilines is 2. The Bertz CT molecular complexity index is 1400. The van der Waals surface area contributed by atoms with Gasteiger partial charge in [-0.05, 0) is 67.5 Å². The van der Waals surface area contributed by atoms with Gasteiger partial charge in [0.05, 0.1) is 13.2 Å². The summed E-state index contributed by atoms with van der Waals surface area (Å²) in [6, 6.07) is 23.6. The highest BCUT2D eigenvalue weighted by molar-refractivity contribution is 8.76. The van der Waals surface area contributed by atoms with Crippen molar-refractivity contribution in [3.8, 4) is 0 Å². The zero-order valence-corrected chi connectivity index (χ0v) is 28.8. The average Bonchev–Trinajstić information content (AvgIpc) is 3.09. The molecule has 1 aromatic heterocycles. The molecule has 244 valence electrons. The number of rotatable bonds is 21. The van der Waals surface area contributed by atoms with Crippen molar-refractivity contribution < 1.29 is 14.8 Å². The Labute approximate surface area is 284 Å². The van der Waals surface area contributed by atoms with Crippen molar-refractivity contribution in [2.75, 3.05) is 67.2 Å². The fourth-order valence-electron chi connectivity index (χ4n) is 4.68. The minimum absolute atomic E-state index is 0.0789. The molecule has 0 saturated heterocycles. The van der Waals surface area contributed by atoms with Crippen LogP contribution in [-0.4, -0.2) is 73.9 Å². The van der Waals surface area contributed by atoms with E-state index >= 15 is 0 Å². The van der Waals surface area contributed by atoms with Crippen LogP contribution in [0, 0.1) is 0 Å². The van der Waals surface area contributed by atoms with E-state index in [9.17, 15) is 5.11 Å². The van der Waals surface area contributed by atoms with Gasteiger partial charge >= 0.3 is 0 Å². The number of aliphatic imine (C=N–C) groups is 1. The van der Waals surface area contributed by atoms with E-state index in [2.05, 4.69) is 106 Å². The topological polar surface area (TPSA) is 63.2 Å². The lowest BCUT2D eigenvalue weighted by Gasteiger charge is -2.24. The predicted octanol–water partition coefficient (Wildman–Crippen LogP) is 7.06. The van der Waals surface area contributed by atoms with Crippen LogP contribution in [-0.2, 0) is 6.54 Å². The zero-order valence-electron chi connectivity index (χ0n) is 27.2. The first kappa shape index (κ1) is 36.9. The van der Waals surface area contributed by atoms with Gasteiger partial charge in [-0.2, -0.15) is 4.57 Å². The van der Waals surface area contributed by atoms with Crippen molar-refractivity contribution in [3.63, 3.8) is 0 Å². The van der Waals surface area contributed by atoms with E-state index < -0.39 is 0 Å². The smallest absolute Gasteiger partial charge is 0.205 e. The first-order chi connectivity index (χ1) is 22.7. The number of benzene rings is 2. The summed E-state index contributed by atoms with van der Waals surface area (Å²) < 4.78 is 2.05.